The van der Waals surface area contributed by atoms with Gasteiger partial charge >= 0.3 is 5.97 Å². The van der Waals surface area contributed by atoms with Crippen LogP contribution in [0.2, 0.25) is 0 Å². The molecule has 0 saturated heterocycles. The summed E-state index contributed by atoms with van der Waals surface area (Å²) in [6, 6.07) is 4.26. The Labute approximate surface area is 170 Å². The van der Waals surface area contributed by atoms with Gasteiger partial charge in [-0.3, -0.25) is 4.79 Å². The van der Waals surface area contributed by atoms with Gasteiger partial charge in [-0.1, -0.05) is 13.8 Å². The molecule has 1 fully saturated rings. The van der Waals surface area contributed by atoms with E-state index in [2.05, 4.69) is 43.2 Å². The number of anilines is 1. The van der Waals surface area contributed by atoms with E-state index in [1.165, 1.54) is 41.1 Å². The lowest BCUT2D eigenvalue weighted by molar-refractivity contribution is -0.136. The summed E-state index contributed by atoms with van der Waals surface area (Å²) in [4.78, 5) is 20.7. The van der Waals surface area contributed by atoms with Gasteiger partial charge in [-0.2, -0.15) is 0 Å². The van der Waals surface area contributed by atoms with Gasteiger partial charge in [0.2, 0.25) is 0 Å². The summed E-state index contributed by atoms with van der Waals surface area (Å²) in [5, 5.41) is 12.3. The van der Waals surface area contributed by atoms with Crippen molar-refractivity contribution >= 4 is 33.8 Å². The Balaban J connectivity index is 1.68. The molecule has 0 bridgehead atoms. The van der Waals surface area contributed by atoms with Crippen molar-refractivity contribution in [1.29, 1.82) is 0 Å². The van der Waals surface area contributed by atoms with Crippen molar-refractivity contribution in [2.24, 2.45) is 11.8 Å². The SMILES string of the molecule is Cc1ccc(CN(CCC(=O)O)c2nc(C3CCC(C(C)C)CC3)cs2)s1. The van der Waals surface area contributed by atoms with Gasteiger partial charge in [0.15, 0.2) is 5.13 Å². The van der Waals surface area contributed by atoms with Gasteiger partial charge in [0.25, 0.3) is 0 Å². The Hall–Kier alpha value is -1.40. The van der Waals surface area contributed by atoms with Crippen molar-refractivity contribution in [1.82, 2.24) is 4.98 Å². The first-order chi connectivity index (χ1) is 12.9. The number of hydrogen-bond donors (Lipinski definition) is 1. The number of nitrogens with zero attached hydrogens (tertiary/aromatic N) is 2. The highest BCUT2D eigenvalue weighted by atomic mass is 32.1. The predicted molar refractivity (Wildman–Crippen MR) is 114 cm³/mol. The van der Waals surface area contributed by atoms with E-state index in [0.717, 1.165) is 23.5 Å². The second kappa shape index (κ2) is 9.20. The van der Waals surface area contributed by atoms with E-state index in [1.807, 2.05) is 0 Å². The minimum Gasteiger partial charge on any atom is -0.481 e. The highest BCUT2D eigenvalue weighted by Crippen LogP contribution is 2.40. The van der Waals surface area contributed by atoms with Crippen LogP contribution in [-0.4, -0.2) is 22.6 Å². The fraction of sp³-hybridized carbons (Fsp3) is 0.619. The van der Waals surface area contributed by atoms with Gasteiger partial charge in [-0.25, -0.2) is 4.98 Å². The maximum absolute atomic E-state index is 11.1. The Bertz CT molecular complexity index is 745. The summed E-state index contributed by atoms with van der Waals surface area (Å²) in [6.07, 6.45) is 5.19. The number of carboxylic acid groups (broad SMARTS) is 1. The lowest BCUT2D eigenvalue weighted by Gasteiger charge is -2.30. The number of thiazole rings is 1. The molecule has 0 amide bonds. The van der Waals surface area contributed by atoms with Crippen molar-refractivity contribution in [3.8, 4) is 0 Å². The van der Waals surface area contributed by atoms with Crippen LogP contribution in [0.3, 0.4) is 0 Å². The zero-order chi connectivity index (χ0) is 19.4. The van der Waals surface area contributed by atoms with Gasteiger partial charge in [0.05, 0.1) is 18.7 Å². The largest absolute Gasteiger partial charge is 0.481 e. The van der Waals surface area contributed by atoms with Crippen molar-refractivity contribution in [2.45, 2.75) is 65.3 Å². The number of thiophene rings is 1. The molecule has 6 heteroatoms. The number of carbonyl (C=O) groups is 1. The van der Waals surface area contributed by atoms with Crippen LogP contribution >= 0.6 is 22.7 Å². The third-order valence-electron chi connectivity index (χ3n) is 5.65. The number of rotatable bonds is 8. The zero-order valence-corrected chi connectivity index (χ0v) is 18.1. The van der Waals surface area contributed by atoms with E-state index >= 15 is 0 Å². The van der Waals surface area contributed by atoms with Gasteiger partial charge in [-0.15, -0.1) is 22.7 Å². The normalized spacial score (nSPS) is 20.1. The lowest BCUT2D eigenvalue weighted by atomic mass is 9.76. The molecule has 0 aliphatic heterocycles. The summed E-state index contributed by atoms with van der Waals surface area (Å²) in [7, 11) is 0. The van der Waals surface area contributed by atoms with Crippen molar-refractivity contribution in [3.63, 3.8) is 0 Å². The first kappa shape index (κ1) is 20.3. The number of hydrogen-bond acceptors (Lipinski definition) is 5. The molecule has 1 N–H and O–H groups in total. The molecule has 0 atom stereocenters. The third-order valence-corrected chi connectivity index (χ3v) is 7.56. The molecule has 2 aromatic rings. The minimum absolute atomic E-state index is 0.138. The monoisotopic (exact) mass is 406 g/mol. The molecule has 1 aliphatic rings. The average molecular weight is 407 g/mol. The Morgan fingerprint density at radius 3 is 2.63 bits per heavy atom. The van der Waals surface area contributed by atoms with Crippen LogP contribution in [0.25, 0.3) is 0 Å². The maximum Gasteiger partial charge on any atom is 0.305 e. The van der Waals surface area contributed by atoms with Gasteiger partial charge in [0, 0.05) is 27.6 Å². The molecule has 0 radical (unpaired) electrons. The van der Waals surface area contributed by atoms with Crippen LogP contribution in [0.15, 0.2) is 17.5 Å². The summed E-state index contributed by atoms with van der Waals surface area (Å²) in [6.45, 7) is 8.00. The van der Waals surface area contributed by atoms with E-state index < -0.39 is 5.97 Å². The minimum atomic E-state index is -0.758. The molecule has 0 spiro atoms. The molecule has 2 aromatic heterocycles. The van der Waals surface area contributed by atoms with Crippen LogP contribution in [-0.2, 0) is 11.3 Å². The Kier molecular flexibility index (Phi) is 6.93. The highest BCUT2D eigenvalue weighted by molar-refractivity contribution is 7.14. The van der Waals surface area contributed by atoms with E-state index in [0.29, 0.717) is 12.5 Å². The molecule has 148 valence electrons. The summed E-state index contributed by atoms with van der Waals surface area (Å²) in [5.74, 6) is 1.44. The lowest BCUT2D eigenvalue weighted by Crippen LogP contribution is -2.25. The van der Waals surface area contributed by atoms with E-state index in [4.69, 9.17) is 10.1 Å². The summed E-state index contributed by atoms with van der Waals surface area (Å²) in [5.41, 5.74) is 1.21. The number of aryl methyl sites for hydroxylation is 1. The predicted octanol–water partition coefficient (Wildman–Crippen LogP) is 5.92. The Morgan fingerprint density at radius 1 is 1.30 bits per heavy atom. The average Bonchev–Trinajstić information content (AvgIpc) is 3.27. The number of aliphatic carboxylic acids is 1. The molecule has 4 nitrogen and oxygen atoms in total. The summed E-state index contributed by atoms with van der Waals surface area (Å²) < 4.78 is 0. The van der Waals surface area contributed by atoms with Gasteiger partial charge in [0.1, 0.15) is 0 Å². The van der Waals surface area contributed by atoms with Crippen LogP contribution in [0.4, 0.5) is 5.13 Å². The topological polar surface area (TPSA) is 53.4 Å². The number of carboxylic acids is 1. The van der Waals surface area contributed by atoms with E-state index in [9.17, 15) is 4.79 Å². The van der Waals surface area contributed by atoms with Crippen molar-refractivity contribution in [2.75, 3.05) is 11.4 Å². The molecule has 3 rings (SSSR count). The van der Waals surface area contributed by atoms with Crippen LogP contribution in [0.5, 0.6) is 0 Å². The van der Waals surface area contributed by atoms with Crippen molar-refractivity contribution in [3.05, 3.63) is 33.0 Å². The molecule has 1 aliphatic carbocycles. The van der Waals surface area contributed by atoms with Crippen molar-refractivity contribution < 1.29 is 9.90 Å². The Morgan fingerprint density at radius 2 is 2.04 bits per heavy atom. The molecule has 0 unspecified atom stereocenters. The van der Waals surface area contributed by atoms with E-state index in [1.54, 1.807) is 22.7 Å². The fourth-order valence-electron chi connectivity index (χ4n) is 3.92. The molecule has 27 heavy (non-hydrogen) atoms. The van der Waals surface area contributed by atoms with Crippen LogP contribution < -0.4 is 4.90 Å². The summed E-state index contributed by atoms with van der Waals surface area (Å²) >= 11 is 3.43. The quantitative estimate of drug-likeness (QED) is 0.591. The van der Waals surface area contributed by atoms with Gasteiger partial charge in [-0.05, 0) is 56.6 Å². The molecular weight excluding hydrogens is 376 g/mol. The first-order valence-electron chi connectivity index (χ1n) is 9.90. The zero-order valence-electron chi connectivity index (χ0n) is 16.5. The standard InChI is InChI=1S/C21H30N2O2S2/c1-14(2)16-5-7-17(8-6-16)19-13-26-21(22-19)23(11-10-20(24)25)12-18-9-4-15(3)27-18/h4,9,13-14,16-17H,5-8,10-12H2,1-3H3,(H,24,25). The molecular formula is C21H30N2O2S2. The third kappa shape index (κ3) is 5.55. The van der Waals surface area contributed by atoms with Gasteiger partial charge < -0.3 is 10.0 Å². The van der Waals surface area contributed by atoms with Crippen LogP contribution in [0, 0.1) is 18.8 Å². The first-order valence-corrected chi connectivity index (χ1v) is 11.6. The molecule has 2 heterocycles. The smallest absolute Gasteiger partial charge is 0.305 e. The molecule has 1 saturated carbocycles. The maximum atomic E-state index is 11.1. The second-order valence-electron chi connectivity index (χ2n) is 7.99. The molecule has 0 aromatic carbocycles. The second-order valence-corrected chi connectivity index (χ2v) is 10.2. The highest BCUT2D eigenvalue weighted by Gasteiger charge is 2.26. The van der Waals surface area contributed by atoms with E-state index in [-0.39, 0.29) is 6.42 Å². The number of aromatic nitrogens is 1. The van der Waals surface area contributed by atoms with Crippen LogP contribution in [0.1, 0.15) is 67.3 Å². The fourth-order valence-corrected chi connectivity index (χ4v) is 5.76.